The van der Waals surface area contributed by atoms with E-state index in [1.165, 1.54) is 63.4 Å². The molecule has 4 aliphatic rings. The Morgan fingerprint density at radius 2 is 1.61 bits per heavy atom. The zero-order valence-electron chi connectivity index (χ0n) is 22.0. The van der Waals surface area contributed by atoms with Crippen molar-refractivity contribution in [2.24, 2.45) is 44.8 Å². The van der Waals surface area contributed by atoms with Crippen molar-refractivity contribution < 1.29 is 4.79 Å². The predicted molar refractivity (Wildman–Crippen MR) is 132 cm³/mol. The highest BCUT2D eigenvalue weighted by atomic mass is 16.1. The Balaban J connectivity index is 1.61. The largest absolute Gasteiger partial charge is 0.299 e. The van der Waals surface area contributed by atoms with Crippen LogP contribution in [0.15, 0.2) is 11.6 Å². The average molecular weight is 427 g/mol. The zero-order chi connectivity index (χ0) is 22.9. The lowest BCUT2D eigenvalue weighted by Crippen LogP contribution is -2.64. The van der Waals surface area contributed by atoms with Crippen LogP contribution in [0.2, 0.25) is 0 Å². The van der Waals surface area contributed by atoms with E-state index >= 15 is 0 Å². The van der Waals surface area contributed by atoms with E-state index in [0.29, 0.717) is 27.4 Å². The van der Waals surface area contributed by atoms with Gasteiger partial charge in [-0.3, -0.25) is 4.79 Å². The lowest BCUT2D eigenvalue weighted by molar-refractivity contribution is -0.225. The Bertz CT molecular complexity index is 760. The topological polar surface area (TPSA) is 17.1 Å². The van der Waals surface area contributed by atoms with E-state index in [0.717, 1.165) is 24.7 Å². The molecule has 0 aliphatic heterocycles. The van der Waals surface area contributed by atoms with Crippen molar-refractivity contribution in [3.8, 4) is 0 Å². The molecule has 1 nitrogen and oxygen atoms in total. The Labute approximate surface area is 193 Å². The van der Waals surface area contributed by atoms with Crippen molar-refractivity contribution in [3.63, 3.8) is 0 Å². The first-order valence-corrected chi connectivity index (χ1v) is 13.5. The monoisotopic (exact) mass is 426 g/mol. The van der Waals surface area contributed by atoms with Crippen LogP contribution < -0.4 is 0 Å². The smallest absolute Gasteiger partial charge is 0.136 e. The summed E-state index contributed by atoms with van der Waals surface area (Å²) in [5.41, 5.74) is 3.56. The van der Waals surface area contributed by atoms with E-state index in [1.807, 2.05) is 0 Å². The summed E-state index contributed by atoms with van der Waals surface area (Å²) in [4.78, 5) is 12.7. The minimum absolute atomic E-state index is 0.234. The lowest BCUT2D eigenvalue weighted by Gasteiger charge is -2.72. The number of carbonyl (C=O) groups is 1. The van der Waals surface area contributed by atoms with Gasteiger partial charge in [-0.15, -0.1) is 0 Å². The fourth-order valence-corrected chi connectivity index (χ4v) is 9.93. The van der Waals surface area contributed by atoms with Crippen molar-refractivity contribution in [3.05, 3.63) is 11.6 Å². The molecule has 0 radical (unpaired) electrons. The maximum Gasteiger partial charge on any atom is 0.136 e. The van der Waals surface area contributed by atoms with E-state index in [-0.39, 0.29) is 11.3 Å². The Morgan fingerprint density at radius 1 is 0.903 bits per heavy atom. The minimum atomic E-state index is 0.234. The van der Waals surface area contributed by atoms with Crippen molar-refractivity contribution in [1.82, 2.24) is 0 Å². The van der Waals surface area contributed by atoms with E-state index in [4.69, 9.17) is 0 Å². The normalized spacial score (nSPS) is 52.0. The molecule has 0 bridgehead atoms. The molecule has 0 unspecified atom stereocenters. The molecule has 8 atom stereocenters. The summed E-state index contributed by atoms with van der Waals surface area (Å²) in [5.74, 6) is 2.37. The lowest BCUT2D eigenvalue weighted by atomic mass is 9.33. The van der Waals surface area contributed by atoms with Crippen molar-refractivity contribution >= 4 is 5.78 Å². The fraction of sp³-hybridized carbons (Fsp3) is 0.900. The SMILES string of the molecule is CC(C)=CCC[C@@]1(C)CC[C@@]2(C)[C@@H]3CC[C@]4(C)[C@H](CCC(=O)[C@H]4C)[C@@]3(C)CC[C@]2(C)C1. The number of carbonyl (C=O) groups excluding carboxylic acids is 1. The predicted octanol–water partition coefficient (Wildman–Crippen LogP) is 8.77. The number of Topliss-reactive ketones (excluding diaryl/α,β-unsaturated/α-hetero) is 1. The van der Waals surface area contributed by atoms with Gasteiger partial charge < -0.3 is 0 Å². The molecule has 0 aromatic heterocycles. The second kappa shape index (κ2) is 7.46. The second-order valence-electron chi connectivity index (χ2n) is 14.2. The zero-order valence-corrected chi connectivity index (χ0v) is 22.0. The van der Waals surface area contributed by atoms with Gasteiger partial charge in [-0.1, -0.05) is 53.2 Å². The molecule has 4 fully saturated rings. The van der Waals surface area contributed by atoms with Gasteiger partial charge >= 0.3 is 0 Å². The minimum Gasteiger partial charge on any atom is -0.299 e. The standard InChI is InChI=1S/C30H50O/c1-21(2)10-9-14-26(4)16-19-30(8)25-13-15-28(6)22(3)23(31)11-12-24(28)29(25,7)18-17-27(30,5)20-26/h10,22,24-25H,9,11-20H2,1-8H3/t22-,24+,25-,26+,27-,28+,29-,30+/m1/s1. The first-order valence-electron chi connectivity index (χ1n) is 13.5. The molecule has 1 heteroatoms. The van der Waals surface area contributed by atoms with Crippen molar-refractivity contribution in [2.45, 2.75) is 126 Å². The molecule has 4 rings (SSSR count). The number of hydrogen-bond donors (Lipinski definition) is 0. The highest BCUT2D eigenvalue weighted by Gasteiger charge is 2.67. The van der Waals surface area contributed by atoms with E-state index in [9.17, 15) is 4.79 Å². The molecular weight excluding hydrogens is 376 g/mol. The Hall–Kier alpha value is -0.590. The molecule has 31 heavy (non-hydrogen) atoms. The number of hydrogen-bond acceptors (Lipinski definition) is 1. The molecule has 0 aromatic rings. The molecule has 0 saturated heterocycles. The van der Waals surface area contributed by atoms with Crippen LogP contribution in [0.25, 0.3) is 0 Å². The van der Waals surface area contributed by atoms with Crippen LogP contribution in [0.3, 0.4) is 0 Å². The molecule has 0 aromatic carbocycles. The van der Waals surface area contributed by atoms with Crippen LogP contribution >= 0.6 is 0 Å². The summed E-state index contributed by atoms with van der Waals surface area (Å²) in [5, 5.41) is 0. The van der Waals surface area contributed by atoms with Crippen LogP contribution in [0.4, 0.5) is 0 Å². The van der Waals surface area contributed by atoms with Crippen molar-refractivity contribution in [1.29, 1.82) is 0 Å². The maximum absolute atomic E-state index is 12.7. The van der Waals surface area contributed by atoms with Crippen LogP contribution in [0.5, 0.6) is 0 Å². The van der Waals surface area contributed by atoms with E-state index in [2.05, 4.69) is 61.5 Å². The Kier molecular flexibility index (Phi) is 5.67. The number of rotatable bonds is 3. The third-order valence-electron chi connectivity index (χ3n) is 12.2. The van der Waals surface area contributed by atoms with Gasteiger partial charge in [0.15, 0.2) is 0 Å². The molecule has 0 N–H and O–H groups in total. The van der Waals surface area contributed by atoms with Crippen LogP contribution in [-0.4, -0.2) is 5.78 Å². The summed E-state index contributed by atoms with van der Waals surface area (Å²) in [6.07, 6.45) is 16.7. The van der Waals surface area contributed by atoms with Crippen LogP contribution in [0.1, 0.15) is 126 Å². The Morgan fingerprint density at radius 3 is 2.29 bits per heavy atom. The van der Waals surface area contributed by atoms with E-state index < -0.39 is 0 Å². The van der Waals surface area contributed by atoms with Gasteiger partial charge in [0, 0.05) is 12.3 Å². The van der Waals surface area contributed by atoms with Gasteiger partial charge in [-0.25, -0.2) is 0 Å². The highest BCUT2D eigenvalue weighted by Crippen LogP contribution is 2.75. The molecular formula is C30H50O. The average Bonchev–Trinajstić information content (AvgIpc) is 2.67. The summed E-state index contributed by atoms with van der Waals surface area (Å²) >= 11 is 0. The fourth-order valence-electron chi connectivity index (χ4n) is 9.93. The summed E-state index contributed by atoms with van der Waals surface area (Å²) in [7, 11) is 0. The quantitative estimate of drug-likeness (QED) is 0.412. The van der Waals surface area contributed by atoms with Crippen molar-refractivity contribution in [2.75, 3.05) is 0 Å². The summed E-state index contributed by atoms with van der Waals surface area (Å²) < 4.78 is 0. The summed E-state index contributed by atoms with van der Waals surface area (Å²) in [6, 6.07) is 0. The molecule has 176 valence electrons. The van der Waals surface area contributed by atoms with Gasteiger partial charge in [0.2, 0.25) is 0 Å². The van der Waals surface area contributed by atoms with Gasteiger partial charge in [-0.2, -0.15) is 0 Å². The van der Waals surface area contributed by atoms with Gasteiger partial charge in [0.1, 0.15) is 5.78 Å². The molecule has 0 amide bonds. The van der Waals surface area contributed by atoms with Gasteiger partial charge in [0.25, 0.3) is 0 Å². The number of fused-ring (bicyclic) bond motifs is 5. The number of ketones is 1. The number of allylic oxidation sites excluding steroid dienone is 2. The third-order valence-corrected chi connectivity index (χ3v) is 12.2. The van der Waals surface area contributed by atoms with Crippen LogP contribution in [-0.2, 0) is 4.79 Å². The second-order valence-corrected chi connectivity index (χ2v) is 14.2. The molecule has 0 spiro atoms. The highest BCUT2D eigenvalue weighted by molar-refractivity contribution is 5.82. The van der Waals surface area contributed by atoms with Gasteiger partial charge in [0.05, 0.1) is 0 Å². The first-order chi connectivity index (χ1) is 14.3. The summed E-state index contributed by atoms with van der Waals surface area (Å²) in [6.45, 7) is 19.8. The third kappa shape index (κ3) is 3.42. The van der Waals surface area contributed by atoms with Gasteiger partial charge in [-0.05, 0) is 117 Å². The van der Waals surface area contributed by atoms with E-state index in [1.54, 1.807) is 0 Å². The molecule has 4 aliphatic carbocycles. The first kappa shape index (κ1) is 23.6. The maximum atomic E-state index is 12.7. The molecule has 4 saturated carbocycles. The molecule has 0 heterocycles. The van der Waals surface area contributed by atoms with Crippen LogP contribution in [0, 0.1) is 44.8 Å².